The second-order valence-electron chi connectivity index (χ2n) is 4.46. The van der Waals surface area contributed by atoms with Crippen LogP contribution in [0.3, 0.4) is 0 Å². The Labute approximate surface area is 99.2 Å². The molecule has 17 heavy (non-hydrogen) atoms. The Morgan fingerprint density at radius 1 is 1.35 bits per heavy atom. The average Bonchev–Trinajstić information content (AvgIpc) is 2.67. The number of rotatable bonds is 1. The van der Waals surface area contributed by atoms with Gasteiger partial charge in [0, 0.05) is 6.54 Å². The molecule has 0 spiro atoms. The largest absolute Gasteiger partial charge is 0.465 e. The van der Waals surface area contributed by atoms with Crippen LogP contribution < -0.4 is 4.90 Å². The molecule has 0 saturated heterocycles. The van der Waals surface area contributed by atoms with E-state index in [1.807, 2.05) is 11.0 Å². The summed E-state index contributed by atoms with van der Waals surface area (Å²) in [7, 11) is 1.37. The molecule has 1 amide bonds. The van der Waals surface area contributed by atoms with Gasteiger partial charge in [0.1, 0.15) is 0 Å². The lowest BCUT2D eigenvalue weighted by atomic mass is 9.97. The van der Waals surface area contributed by atoms with Crippen molar-refractivity contribution in [1.29, 1.82) is 0 Å². The van der Waals surface area contributed by atoms with Crippen LogP contribution in [-0.4, -0.2) is 25.5 Å². The Morgan fingerprint density at radius 2 is 2.12 bits per heavy atom. The maximum Gasteiger partial charge on any atom is 0.337 e. The molecule has 4 nitrogen and oxygen atoms in total. The average molecular weight is 231 g/mol. The topological polar surface area (TPSA) is 46.6 Å². The Bertz CT molecular complexity index is 522. The third kappa shape index (κ3) is 1.44. The van der Waals surface area contributed by atoms with E-state index in [1.54, 1.807) is 6.07 Å². The molecule has 1 aromatic rings. The summed E-state index contributed by atoms with van der Waals surface area (Å²) in [5, 5.41) is 0. The summed E-state index contributed by atoms with van der Waals surface area (Å²) in [6, 6.07) is 3.64. The van der Waals surface area contributed by atoms with Gasteiger partial charge in [-0.05, 0) is 36.1 Å². The van der Waals surface area contributed by atoms with E-state index in [9.17, 15) is 9.59 Å². The lowest BCUT2D eigenvalue weighted by molar-refractivity contribution is -0.117. The van der Waals surface area contributed by atoms with Gasteiger partial charge in [0.15, 0.2) is 0 Å². The summed E-state index contributed by atoms with van der Waals surface area (Å²) >= 11 is 0. The predicted octanol–water partition coefficient (Wildman–Crippen LogP) is 1.31. The number of amides is 1. The molecular formula is C13H13NO3. The highest BCUT2D eigenvalue weighted by atomic mass is 16.5. The lowest BCUT2D eigenvalue weighted by Gasteiger charge is -2.25. The quantitative estimate of drug-likeness (QED) is 0.684. The molecule has 1 aromatic carbocycles. The van der Waals surface area contributed by atoms with Gasteiger partial charge in [-0.15, -0.1) is 0 Å². The summed E-state index contributed by atoms with van der Waals surface area (Å²) in [6.45, 7) is 0.802. The van der Waals surface area contributed by atoms with Crippen molar-refractivity contribution in [1.82, 2.24) is 0 Å². The Hall–Kier alpha value is -1.84. The molecule has 0 aromatic heterocycles. The first-order valence-electron chi connectivity index (χ1n) is 5.75. The van der Waals surface area contributed by atoms with Crippen molar-refractivity contribution in [2.75, 3.05) is 18.6 Å². The van der Waals surface area contributed by atoms with Gasteiger partial charge in [-0.3, -0.25) is 4.79 Å². The summed E-state index contributed by atoms with van der Waals surface area (Å²) in [5.74, 6) is -0.191. The first kappa shape index (κ1) is 10.3. The van der Waals surface area contributed by atoms with Crippen molar-refractivity contribution in [3.8, 4) is 0 Å². The lowest BCUT2D eigenvalue weighted by Crippen LogP contribution is -2.31. The Kier molecular flexibility index (Phi) is 2.18. The number of ether oxygens (including phenoxy) is 1. The summed E-state index contributed by atoms with van der Waals surface area (Å²) in [5.41, 5.74) is 3.65. The van der Waals surface area contributed by atoms with Crippen LogP contribution in [0.25, 0.3) is 0 Å². The van der Waals surface area contributed by atoms with Gasteiger partial charge >= 0.3 is 5.97 Å². The van der Waals surface area contributed by atoms with Crippen LogP contribution in [0.2, 0.25) is 0 Å². The third-order valence-electron chi connectivity index (χ3n) is 3.43. The van der Waals surface area contributed by atoms with E-state index in [1.165, 1.54) is 7.11 Å². The van der Waals surface area contributed by atoms with E-state index < -0.39 is 0 Å². The van der Waals surface area contributed by atoms with Gasteiger partial charge in [0.2, 0.25) is 5.91 Å². The normalized spacial score (nSPS) is 17.0. The number of methoxy groups -OCH3 is 1. The van der Waals surface area contributed by atoms with E-state index in [2.05, 4.69) is 0 Å². The zero-order chi connectivity index (χ0) is 12.0. The van der Waals surface area contributed by atoms with E-state index in [-0.39, 0.29) is 11.9 Å². The minimum absolute atomic E-state index is 0.142. The summed E-state index contributed by atoms with van der Waals surface area (Å²) < 4.78 is 4.73. The van der Waals surface area contributed by atoms with E-state index in [4.69, 9.17) is 4.74 Å². The minimum Gasteiger partial charge on any atom is -0.465 e. The van der Waals surface area contributed by atoms with Crippen LogP contribution >= 0.6 is 0 Å². The number of hydrogen-bond donors (Lipinski definition) is 0. The number of nitrogens with zero attached hydrogens (tertiary/aromatic N) is 1. The minimum atomic E-state index is -0.333. The highest BCUT2D eigenvalue weighted by molar-refractivity contribution is 6.04. The molecular weight excluding hydrogens is 218 g/mol. The molecule has 2 aliphatic rings. The van der Waals surface area contributed by atoms with Gasteiger partial charge in [-0.25, -0.2) is 4.79 Å². The second kappa shape index (κ2) is 3.58. The molecule has 0 unspecified atom stereocenters. The van der Waals surface area contributed by atoms with E-state index >= 15 is 0 Å². The second-order valence-corrected chi connectivity index (χ2v) is 4.46. The van der Waals surface area contributed by atoms with Crippen molar-refractivity contribution >= 4 is 17.6 Å². The number of benzene rings is 1. The fraction of sp³-hybridized carbons (Fsp3) is 0.385. The van der Waals surface area contributed by atoms with Crippen LogP contribution in [-0.2, 0) is 22.4 Å². The standard InChI is InChI=1S/C13H13NO3/c1-17-13(16)10-5-8-3-2-4-14-11(15)7-9(6-10)12(8)14/h5-6H,2-4,7H2,1H3. The molecule has 0 radical (unpaired) electrons. The molecule has 0 N–H and O–H groups in total. The highest BCUT2D eigenvalue weighted by Gasteiger charge is 2.32. The Balaban J connectivity index is 2.15. The van der Waals surface area contributed by atoms with Crippen LogP contribution in [0.15, 0.2) is 12.1 Å². The summed E-state index contributed by atoms with van der Waals surface area (Å²) in [6.07, 6.45) is 2.30. The number of aryl methyl sites for hydroxylation is 1. The fourth-order valence-corrected chi connectivity index (χ4v) is 2.71. The van der Waals surface area contributed by atoms with Gasteiger partial charge in [0.05, 0.1) is 24.8 Å². The van der Waals surface area contributed by atoms with Crippen LogP contribution in [0.1, 0.15) is 27.9 Å². The third-order valence-corrected chi connectivity index (χ3v) is 3.43. The maximum atomic E-state index is 11.8. The molecule has 0 atom stereocenters. The number of hydrogen-bond acceptors (Lipinski definition) is 3. The smallest absolute Gasteiger partial charge is 0.337 e. The first-order valence-corrected chi connectivity index (χ1v) is 5.75. The number of esters is 1. The molecule has 0 fully saturated rings. The predicted molar refractivity (Wildman–Crippen MR) is 62.2 cm³/mol. The van der Waals surface area contributed by atoms with Crippen molar-refractivity contribution < 1.29 is 14.3 Å². The molecule has 3 rings (SSSR count). The van der Waals surface area contributed by atoms with Crippen LogP contribution in [0.4, 0.5) is 5.69 Å². The monoisotopic (exact) mass is 231 g/mol. The first-order chi connectivity index (χ1) is 8.20. The van der Waals surface area contributed by atoms with E-state index in [0.29, 0.717) is 12.0 Å². The van der Waals surface area contributed by atoms with Crippen molar-refractivity contribution in [2.24, 2.45) is 0 Å². The number of anilines is 1. The van der Waals surface area contributed by atoms with Crippen LogP contribution in [0.5, 0.6) is 0 Å². The molecule has 2 heterocycles. The SMILES string of the molecule is COC(=O)c1cc2c3c(c1)CC(=O)N3CCC2. The van der Waals surface area contributed by atoms with Gasteiger partial charge in [0.25, 0.3) is 0 Å². The van der Waals surface area contributed by atoms with Gasteiger partial charge in [-0.1, -0.05) is 0 Å². The molecule has 2 aliphatic heterocycles. The van der Waals surface area contributed by atoms with E-state index in [0.717, 1.165) is 36.2 Å². The molecule has 0 aliphatic carbocycles. The number of carbonyl (C=O) groups excluding carboxylic acids is 2. The summed E-state index contributed by atoms with van der Waals surface area (Å²) in [4.78, 5) is 25.2. The Morgan fingerprint density at radius 3 is 2.88 bits per heavy atom. The van der Waals surface area contributed by atoms with Crippen molar-refractivity contribution in [3.63, 3.8) is 0 Å². The zero-order valence-corrected chi connectivity index (χ0v) is 9.66. The zero-order valence-electron chi connectivity index (χ0n) is 9.66. The number of carbonyl (C=O) groups is 2. The molecule has 88 valence electrons. The van der Waals surface area contributed by atoms with Gasteiger partial charge < -0.3 is 9.64 Å². The maximum absolute atomic E-state index is 11.8. The fourth-order valence-electron chi connectivity index (χ4n) is 2.71. The highest BCUT2D eigenvalue weighted by Crippen LogP contribution is 2.37. The van der Waals surface area contributed by atoms with Crippen molar-refractivity contribution in [2.45, 2.75) is 19.3 Å². The molecule has 4 heteroatoms. The van der Waals surface area contributed by atoms with Gasteiger partial charge in [-0.2, -0.15) is 0 Å². The van der Waals surface area contributed by atoms with Crippen LogP contribution in [0, 0.1) is 0 Å². The van der Waals surface area contributed by atoms with Crippen molar-refractivity contribution in [3.05, 3.63) is 28.8 Å². The molecule has 0 bridgehead atoms. The molecule has 0 saturated carbocycles.